The van der Waals surface area contributed by atoms with Crippen molar-refractivity contribution < 1.29 is 49.3 Å². The molecule has 0 bridgehead atoms. The molecule has 0 spiro atoms. The summed E-state index contributed by atoms with van der Waals surface area (Å²) >= 11 is 0. The number of unbranched alkanes of at least 4 members (excludes halogenated alkanes) is 45. The lowest BCUT2D eigenvalue weighted by Crippen LogP contribution is -2.60. The lowest BCUT2D eigenvalue weighted by molar-refractivity contribution is -0.302. The number of hydrogen-bond acceptors (Lipinski definition) is 10. The number of aliphatic hydroxyl groups is 5. The highest BCUT2D eigenvalue weighted by atomic mass is 16.7. The van der Waals surface area contributed by atoms with E-state index in [4.69, 9.17) is 14.2 Å². The van der Waals surface area contributed by atoms with Gasteiger partial charge in [0.2, 0.25) is 5.91 Å². The van der Waals surface area contributed by atoms with E-state index in [1.807, 2.05) is 6.08 Å². The van der Waals surface area contributed by atoms with Crippen LogP contribution in [0.2, 0.25) is 0 Å². The number of amides is 1. The SMILES string of the molecule is CCCCC/C=C\CCCCCCCC(=O)OCCCCCCCCCCCCCCCCC/C=C\C/C=C\CCCCCCCCCCCCCCCCCCCC(=O)NC(COC1OC(CO)C(O)C(O)C1O)C(O)/C=C/CC/C=C/CCCCCC. The average molecular weight is 1250 g/mol. The minimum absolute atomic E-state index is 0.00420. The summed E-state index contributed by atoms with van der Waals surface area (Å²) in [5, 5.41) is 54.3. The van der Waals surface area contributed by atoms with Crippen molar-refractivity contribution in [1.82, 2.24) is 5.32 Å². The number of nitrogens with one attached hydrogen (secondary N) is 1. The minimum Gasteiger partial charge on any atom is -0.466 e. The van der Waals surface area contributed by atoms with Gasteiger partial charge in [-0.25, -0.2) is 0 Å². The van der Waals surface area contributed by atoms with Crippen LogP contribution >= 0.6 is 0 Å². The average Bonchev–Trinajstić information content (AvgIpc) is 3.30. The number of allylic oxidation sites excluding steroid dienone is 9. The largest absolute Gasteiger partial charge is 0.466 e. The first-order valence-electron chi connectivity index (χ1n) is 38.1. The standard InChI is InChI=1S/C78H143NO10/c1-3-5-7-9-11-13-15-46-50-54-58-62-66-74(83)87-67-63-59-55-51-47-44-42-40-38-36-34-32-30-28-26-24-22-20-18-16-17-19-21-23-25-27-29-31-33-35-37-39-41-43-45-49-53-57-61-65-73(82)79-70(69-88-78-77(86)76(85)75(84)72(68-80)89-78)71(81)64-60-56-52-48-14-12-10-8-6-4-2/h11,13-14,16-17,20,22,48,60,64,70-72,75-78,80-81,84-86H,3-10,12,15,18-19,21,23-47,49-59,61-63,65-69H2,1-2H3,(H,79,82)/b13-11-,17-16-,22-20-,48-14+,64-60+. The first-order valence-corrected chi connectivity index (χ1v) is 38.1. The fourth-order valence-electron chi connectivity index (χ4n) is 11.8. The fourth-order valence-corrected chi connectivity index (χ4v) is 11.8. The van der Waals surface area contributed by atoms with Crippen molar-refractivity contribution in [2.45, 2.75) is 403 Å². The van der Waals surface area contributed by atoms with E-state index in [2.05, 4.69) is 67.8 Å². The molecular formula is C78H143NO10. The predicted molar refractivity (Wildman–Crippen MR) is 375 cm³/mol. The van der Waals surface area contributed by atoms with Crippen LogP contribution < -0.4 is 5.32 Å². The molecule has 1 heterocycles. The van der Waals surface area contributed by atoms with Crippen LogP contribution in [0.25, 0.3) is 0 Å². The lowest BCUT2D eigenvalue weighted by atomic mass is 9.99. The van der Waals surface area contributed by atoms with Crippen LogP contribution in [-0.4, -0.2) is 100 Å². The molecule has 0 aliphatic carbocycles. The number of carbonyl (C=O) groups excluding carboxylic acids is 2. The zero-order valence-electron chi connectivity index (χ0n) is 57.9. The normalized spacial score (nSPS) is 18.0. The van der Waals surface area contributed by atoms with Gasteiger partial charge in [0.05, 0.1) is 32.0 Å². The second kappa shape index (κ2) is 66.8. The van der Waals surface area contributed by atoms with Gasteiger partial charge < -0.3 is 45.1 Å². The smallest absolute Gasteiger partial charge is 0.305 e. The zero-order chi connectivity index (χ0) is 64.4. The van der Waals surface area contributed by atoms with Gasteiger partial charge in [-0.1, -0.05) is 306 Å². The third kappa shape index (κ3) is 55.5. The van der Waals surface area contributed by atoms with Crippen LogP contribution in [0.4, 0.5) is 0 Å². The molecule has 11 nitrogen and oxygen atoms in total. The number of hydrogen-bond donors (Lipinski definition) is 6. The van der Waals surface area contributed by atoms with Crippen LogP contribution in [0.15, 0.2) is 60.8 Å². The van der Waals surface area contributed by atoms with Gasteiger partial charge >= 0.3 is 5.97 Å². The molecule has 1 rings (SSSR count). The second-order valence-electron chi connectivity index (χ2n) is 26.3. The van der Waals surface area contributed by atoms with Crippen molar-refractivity contribution in [3.8, 4) is 0 Å². The molecule has 0 aromatic heterocycles. The van der Waals surface area contributed by atoms with E-state index in [9.17, 15) is 35.1 Å². The zero-order valence-corrected chi connectivity index (χ0v) is 57.9. The lowest BCUT2D eigenvalue weighted by Gasteiger charge is -2.40. The molecule has 7 atom stereocenters. The van der Waals surface area contributed by atoms with Gasteiger partial charge in [-0.3, -0.25) is 9.59 Å². The molecule has 89 heavy (non-hydrogen) atoms. The Morgan fingerprint density at radius 3 is 1.20 bits per heavy atom. The van der Waals surface area contributed by atoms with Crippen molar-refractivity contribution in [3.05, 3.63) is 60.8 Å². The van der Waals surface area contributed by atoms with Crippen LogP contribution in [0, 0.1) is 0 Å². The van der Waals surface area contributed by atoms with Crippen molar-refractivity contribution in [3.63, 3.8) is 0 Å². The summed E-state index contributed by atoms with van der Waals surface area (Å²) in [7, 11) is 0. The summed E-state index contributed by atoms with van der Waals surface area (Å²) in [5.41, 5.74) is 0. The summed E-state index contributed by atoms with van der Waals surface area (Å²) in [6.07, 6.45) is 79.8. The third-order valence-corrected chi connectivity index (χ3v) is 17.8. The van der Waals surface area contributed by atoms with Crippen molar-refractivity contribution in [1.29, 1.82) is 0 Å². The maximum Gasteiger partial charge on any atom is 0.305 e. The topological polar surface area (TPSA) is 175 Å². The van der Waals surface area contributed by atoms with Crippen molar-refractivity contribution in [2.75, 3.05) is 19.8 Å². The molecule has 1 fully saturated rings. The molecule has 520 valence electrons. The highest BCUT2D eigenvalue weighted by Crippen LogP contribution is 2.23. The van der Waals surface area contributed by atoms with E-state index in [0.29, 0.717) is 19.4 Å². The van der Waals surface area contributed by atoms with Gasteiger partial charge in [-0.05, 0) is 103 Å². The molecule has 0 radical (unpaired) electrons. The summed E-state index contributed by atoms with van der Waals surface area (Å²) in [6, 6.07) is -0.825. The molecule has 1 saturated heterocycles. The molecular weight excluding hydrogens is 1110 g/mol. The molecule has 0 aromatic carbocycles. The van der Waals surface area contributed by atoms with E-state index in [1.54, 1.807) is 6.08 Å². The first-order chi connectivity index (χ1) is 43.7. The molecule has 1 amide bonds. The van der Waals surface area contributed by atoms with Crippen molar-refractivity contribution >= 4 is 11.9 Å². The molecule has 6 N–H and O–H groups in total. The van der Waals surface area contributed by atoms with Gasteiger partial charge in [0, 0.05) is 12.8 Å². The van der Waals surface area contributed by atoms with E-state index in [0.717, 1.165) is 64.2 Å². The number of rotatable bonds is 67. The Hall–Kier alpha value is -2.64. The van der Waals surface area contributed by atoms with Gasteiger partial charge in [-0.15, -0.1) is 0 Å². The van der Waals surface area contributed by atoms with Crippen LogP contribution in [0.1, 0.15) is 361 Å². The Morgan fingerprint density at radius 2 is 0.764 bits per heavy atom. The van der Waals surface area contributed by atoms with E-state index in [-0.39, 0.29) is 18.5 Å². The molecule has 11 heteroatoms. The minimum atomic E-state index is -1.57. The second-order valence-corrected chi connectivity index (χ2v) is 26.3. The number of carbonyl (C=O) groups is 2. The van der Waals surface area contributed by atoms with Crippen LogP contribution in [-0.2, 0) is 23.8 Å². The van der Waals surface area contributed by atoms with Gasteiger partial charge in [0.1, 0.15) is 24.4 Å². The maximum atomic E-state index is 13.0. The van der Waals surface area contributed by atoms with Gasteiger partial charge in [0.25, 0.3) is 0 Å². The number of esters is 1. The highest BCUT2D eigenvalue weighted by molar-refractivity contribution is 5.76. The van der Waals surface area contributed by atoms with Gasteiger partial charge in [-0.2, -0.15) is 0 Å². The molecule has 7 unspecified atom stereocenters. The number of aliphatic hydroxyl groups excluding tert-OH is 5. The molecule has 1 aliphatic heterocycles. The number of ether oxygens (including phenoxy) is 3. The fraction of sp³-hybridized carbons (Fsp3) is 0.846. The Bertz CT molecular complexity index is 1660. The molecule has 0 saturated carbocycles. The van der Waals surface area contributed by atoms with Crippen LogP contribution in [0.3, 0.4) is 0 Å². The molecule has 0 aromatic rings. The Labute approximate surface area is 548 Å². The monoisotopic (exact) mass is 1250 g/mol. The van der Waals surface area contributed by atoms with E-state index >= 15 is 0 Å². The van der Waals surface area contributed by atoms with Gasteiger partial charge in [0.15, 0.2) is 6.29 Å². The predicted octanol–water partition coefficient (Wildman–Crippen LogP) is 20.1. The first kappa shape index (κ1) is 84.4. The third-order valence-electron chi connectivity index (χ3n) is 17.8. The Morgan fingerprint density at radius 1 is 0.416 bits per heavy atom. The quantitative estimate of drug-likeness (QED) is 0.0195. The van der Waals surface area contributed by atoms with E-state index in [1.165, 1.54) is 270 Å². The molecule has 1 aliphatic rings. The Balaban J connectivity index is 1.89. The van der Waals surface area contributed by atoms with Crippen molar-refractivity contribution in [2.24, 2.45) is 0 Å². The van der Waals surface area contributed by atoms with E-state index < -0.39 is 49.5 Å². The Kier molecular flexibility index (Phi) is 63.3. The highest BCUT2D eigenvalue weighted by Gasteiger charge is 2.44. The summed E-state index contributed by atoms with van der Waals surface area (Å²) in [5.74, 6) is -0.186. The summed E-state index contributed by atoms with van der Waals surface area (Å²) in [6.45, 7) is 4.30. The maximum absolute atomic E-state index is 13.0. The summed E-state index contributed by atoms with van der Waals surface area (Å²) < 4.78 is 16.7. The van der Waals surface area contributed by atoms with Crippen LogP contribution in [0.5, 0.6) is 0 Å². The summed E-state index contributed by atoms with van der Waals surface area (Å²) in [4.78, 5) is 25.1.